The number of carbonyl (C=O) groups is 1. The van der Waals surface area contributed by atoms with Gasteiger partial charge in [0.25, 0.3) is 5.91 Å². The number of nitrogens with one attached hydrogen (secondary N) is 1. The molecule has 0 saturated heterocycles. The van der Waals surface area contributed by atoms with Crippen molar-refractivity contribution in [1.29, 1.82) is 0 Å². The summed E-state index contributed by atoms with van der Waals surface area (Å²) < 4.78 is 9.94. The van der Waals surface area contributed by atoms with E-state index in [1.165, 1.54) is 6.42 Å². The minimum absolute atomic E-state index is 0.221. The Hall–Kier alpha value is -1.47. The number of ether oxygens (including phenoxy) is 1. The molecule has 1 aliphatic rings. The third-order valence-electron chi connectivity index (χ3n) is 3.79. The van der Waals surface area contributed by atoms with Crippen molar-refractivity contribution < 1.29 is 14.1 Å². The molecule has 1 aromatic heterocycles. The van der Waals surface area contributed by atoms with E-state index in [0.29, 0.717) is 16.7 Å². The van der Waals surface area contributed by atoms with Crippen molar-refractivity contribution in [3.63, 3.8) is 0 Å². The number of hydrogen-bond acceptors (Lipinski definition) is 5. The predicted molar refractivity (Wildman–Crippen MR) is 81.8 cm³/mol. The largest absolute Gasteiger partial charge is 0.392 e. The van der Waals surface area contributed by atoms with Gasteiger partial charge in [0.2, 0.25) is 0 Å². The topological polar surface area (TPSA) is 90.4 Å². The average molecular weight is 311 g/mol. The van der Waals surface area contributed by atoms with Crippen LogP contribution in [-0.4, -0.2) is 29.2 Å². The van der Waals surface area contributed by atoms with E-state index in [1.807, 2.05) is 0 Å². The number of hydrogen-bond donors (Lipinski definition) is 2. The fraction of sp³-hybridized carbons (Fsp3) is 0.643. The minimum atomic E-state index is -0.315. The van der Waals surface area contributed by atoms with Gasteiger partial charge in [0.05, 0.1) is 11.0 Å². The zero-order valence-corrected chi connectivity index (χ0v) is 12.9. The van der Waals surface area contributed by atoms with Crippen LogP contribution in [0, 0.1) is 5.92 Å². The summed E-state index contributed by atoms with van der Waals surface area (Å²) in [6, 6.07) is 1.28. The maximum absolute atomic E-state index is 12.2. The first-order chi connectivity index (χ1) is 10.1. The zero-order valence-electron chi connectivity index (χ0n) is 12.1. The van der Waals surface area contributed by atoms with Gasteiger partial charge in [-0.2, -0.15) is 0 Å². The highest BCUT2D eigenvalue weighted by Gasteiger charge is 2.28. The van der Waals surface area contributed by atoms with Gasteiger partial charge < -0.3 is 20.3 Å². The Bertz CT molecular complexity index is 497. The standard InChI is InChI=1S/C14H21N3O3S/c1-19-8-10-7-11(17-20-10)14(18)16-12(13(15)21)9-5-3-2-4-6-9/h7,9,12H,2-6,8H2,1H3,(H2,15,21)(H,16,18). The van der Waals surface area contributed by atoms with Crippen molar-refractivity contribution >= 4 is 23.1 Å². The molecule has 116 valence electrons. The highest BCUT2D eigenvalue weighted by molar-refractivity contribution is 7.80. The number of nitrogens with two attached hydrogens (primary N) is 1. The number of carbonyl (C=O) groups excluding carboxylic acids is 1. The summed E-state index contributed by atoms with van der Waals surface area (Å²) in [5, 5.41) is 6.63. The fourth-order valence-electron chi connectivity index (χ4n) is 2.73. The first-order valence-corrected chi connectivity index (χ1v) is 7.57. The number of aromatic nitrogens is 1. The Balaban J connectivity index is 2.01. The molecule has 0 aliphatic heterocycles. The van der Waals surface area contributed by atoms with E-state index >= 15 is 0 Å². The number of nitrogens with zero attached hydrogens (tertiary/aromatic N) is 1. The summed E-state index contributed by atoms with van der Waals surface area (Å²) in [6.45, 7) is 0.279. The van der Waals surface area contributed by atoms with Gasteiger partial charge in [-0.1, -0.05) is 36.6 Å². The molecule has 0 radical (unpaired) electrons. The molecule has 1 heterocycles. The van der Waals surface area contributed by atoms with E-state index in [1.54, 1.807) is 13.2 Å². The normalized spacial score (nSPS) is 17.4. The van der Waals surface area contributed by atoms with E-state index in [0.717, 1.165) is 25.7 Å². The zero-order chi connectivity index (χ0) is 15.2. The number of amides is 1. The molecule has 1 atom stereocenters. The first kappa shape index (κ1) is 15.9. The Labute approximate surface area is 129 Å². The van der Waals surface area contributed by atoms with Gasteiger partial charge in [0, 0.05) is 13.2 Å². The molecular formula is C14H21N3O3S. The SMILES string of the molecule is COCc1cc(C(=O)NC(C(N)=S)C2CCCCC2)no1. The Kier molecular flexibility index (Phi) is 5.69. The lowest BCUT2D eigenvalue weighted by Crippen LogP contribution is -2.48. The Morgan fingerprint density at radius 2 is 2.29 bits per heavy atom. The lowest BCUT2D eigenvalue weighted by molar-refractivity contribution is 0.0922. The van der Waals surface area contributed by atoms with E-state index in [9.17, 15) is 4.79 Å². The second-order valence-corrected chi connectivity index (χ2v) is 5.83. The first-order valence-electron chi connectivity index (χ1n) is 7.16. The molecule has 1 unspecified atom stereocenters. The number of thiocarbonyl (C=S) groups is 1. The van der Waals surface area contributed by atoms with Crippen LogP contribution in [0.15, 0.2) is 10.6 Å². The summed E-state index contributed by atoms with van der Waals surface area (Å²) in [7, 11) is 1.55. The molecule has 3 N–H and O–H groups in total. The summed E-state index contributed by atoms with van der Waals surface area (Å²) >= 11 is 5.11. The maximum atomic E-state index is 12.2. The van der Waals surface area contributed by atoms with Crippen LogP contribution < -0.4 is 11.1 Å². The van der Waals surface area contributed by atoms with Gasteiger partial charge in [-0.05, 0) is 18.8 Å². The second-order valence-electron chi connectivity index (χ2n) is 5.36. The summed E-state index contributed by atoms with van der Waals surface area (Å²) in [5.41, 5.74) is 6.02. The van der Waals surface area contributed by atoms with Crippen LogP contribution in [-0.2, 0) is 11.3 Å². The van der Waals surface area contributed by atoms with Crippen LogP contribution >= 0.6 is 12.2 Å². The Morgan fingerprint density at radius 1 is 1.57 bits per heavy atom. The van der Waals surface area contributed by atoms with Crippen molar-refractivity contribution in [3.05, 3.63) is 17.5 Å². The van der Waals surface area contributed by atoms with E-state index in [4.69, 9.17) is 27.2 Å². The molecule has 21 heavy (non-hydrogen) atoms. The summed E-state index contributed by atoms with van der Waals surface area (Å²) in [5.74, 6) is 0.502. The molecular weight excluding hydrogens is 290 g/mol. The molecule has 1 amide bonds. The van der Waals surface area contributed by atoms with Crippen LogP contribution in [0.4, 0.5) is 0 Å². The molecule has 7 heteroatoms. The van der Waals surface area contributed by atoms with Crippen molar-refractivity contribution in [1.82, 2.24) is 10.5 Å². The van der Waals surface area contributed by atoms with Gasteiger partial charge in [-0.3, -0.25) is 4.79 Å². The quantitative estimate of drug-likeness (QED) is 0.778. The predicted octanol–water partition coefficient (Wildman–Crippen LogP) is 1.79. The highest BCUT2D eigenvalue weighted by Crippen LogP contribution is 2.26. The average Bonchev–Trinajstić information content (AvgIpc) is 2.94. The maximum Gasteiger partial charge on any atom is 0.274 e. The fourth-order valence-corrected chi connectivity index (χ4v) is 2.99. The smallest absolute Gasteiger partial charge is 0.274 e. The van der Waals surface area contributed by atoms with Gasteiger partial charge >= 0.3 is 0 Å². The highest BCUT2D eigenvalue weighted by atomic mass is 32.1. The molecule has 1 fully saturated rings. The van der Waals surface area contributed by atoms with Gasteiger partial charge in [-0.15, -0.1) is 0 Å². The lowest BCUT2D eigenvalue weighted by Gasteiger charge is -2.29. The van der Waals surface area contributed by atoms with Crippen LogP contribution in [0.2, 0.25) is 0 Å². The summed E-state index contributed by atoms with van der Waals surface area (Å²) in [6.07, 6.45) is 5.62. The molecule has 2 rings (SSSR count). The molecule has 1 saturated carbocycles. The van der Waals surface area contributed by atoms with E-state index in [-0.39, 0.29) is 24.2 Å². The number of rotatable bonds is 6. The van der Waals surface area contributed by atoms with Crippen molar-refractivity contribution in [3.8, 4) is 0 Å². The van der Waals surface area contributed by atoms with Crippen molar-refractivity contribution in [2.24, 2.45) is 11.7 Å². The molecule has 0 aromatic carbocycles. The second kappa shape index (κ2) is 7.51. The van der Waals surface area contributed by atoms with Gasteiger partial charge in [0.15, 0.2) is 11.5 Å². The number of methoxy groups -OCH3 is 1. The molecule has 0 bridgehead atoms. The van der Waals surface area contributed by atoms with Gasteiger partial charge in [-0.25, -0.2) is 0 Å². The molecule has 0 spiro atoms. The monoisotopic (exact) mass is 311 g/mol. The molecule has 6 nitrogen and oxygen atoms in total. The van der Waals surface area contributed by atoms with Crippen molar-refractivity contribution in [2.45, 2.75) is 44.8 Å². The third kappa shape index (κ3) is 4.25. The molecule has 1 aliphatic carbocycles. The van der Waals surface area contributed by atoms with Gasteiger partial charge in [0.1, 0.15) is 6.61 Å². The Morgan fingerprint density at radius 3 is 2.90 bits per heavy atom. The van der Waals surface area contributed by atoms with Crippen LogP contribution in [0.3, 0.4) is 0 Å². The lowest BCUT2D eigenvalue weighted by atomic mass is 9.84. The third-order valence-corrected chi connectivity index (χ3v) is 4.05. The minimum Gasteiger partial charge on any atom is -0.392 e. The van der Waals surface area contributed by atoms with E-state index < -0.39 is 0 Å². The van der Waals surface area contributed by atoms with Crippen molar-refractivity contribution in [2.75, 3.05) is 7.11 Å². The van der Waals surface area contributed by atoms with Crippen LogP contribution in [0.1, 0.15) is 48.4 Å². The van der Waals surface area contributed by atoms with Crippen LogP contribution in [0.5, 0.6) is 0 Å². The summed E-state index contributed by atoms with van der Waals surface area (Å²) in [4.78, 5) is 12.6. The van der Waals surface area contributed by atoms with E-state index in [2.05, 4.69) is 10.5 Å². The van der Waals surface area contributed by atoms with Crippen LogP contribution in [0.25, 0.3) is 0 Å². The molecule has 1 aromatic rings.